The first-order chi connectivity index (χ1) is 9.88. The SMILES string of the molecule is CN(C)C1=CN(S(=O)(=O)O)C(C#Cc2ccccc2)C=C1. The van der Waals surface area contributed by atoms with Crippen LogP contribution in [0, 0.1) is 11.8 Å². The van der Waals surface area contributed by atoms with Gasteiger partial charge in [-0.3, -0.25) is 4.55 Å². The van der Waals surface area contributed by atoms with Crippen molar-refractivity contribution in [1.82, 2.24) is 9.21 Å². The number of nitrogens with zero attached hydrogens (tertiary/aromatic N) is 2. The first kappa shape index (κ1) is 15.2. The van der Waals surface area contributed by atoms with Gasteiger partial charge in [-0.05, 0) is 24.3 Å². The van der Waals surface area contributed by atoms with Crippen LogP contribution in [0.15, 0.2) is 54.4 Å². The largest absolute Gasteiger partial charge is 0.376 e. The number of hydrogen-bond donors (Lipinski definition) is 1. The van der Waals surface area contributed by atoms with Crippen LogP contribution in [0.5, 0.6) is 0 Å². The van der Waals surface area contributed by atoms with Gasteiger partial charge < -0.3 is 4.90 Å². The van der Waals surface area contributed by atoms with E-state index >= 15 is 0 Å². The Morgan fingerprint density at radius 1 is 1.24 bits per heavy atom. The van der Waals surface area contributed by atoms with Crippen LogP contribution >= 0.6 is 0 Å². The fraction of sp³-hybridized carbons (Fsp3) is 0.200. The van der Waals surface area contributed by atoms with Gasteiger partial charge in [-0.25, -0.2) is 4.31 Å². The molecule has 1 atom stereocenters. The number of benzene rings is 1. The zero-order valence-corrected chi connectivity index (χ0v) is 12.6. The van der Waals surface area contributed by atoms with Gasteiger partial charge in [-0.1, -0.05) is 30.0 Å². The van der Waals surface area contributed by atoms with E-state index in [0.29, 0.717) is 5.70 Å². The molecule has 0 spiro atoms. The molecule has 1 aliphatic rings. The average Bonchev–Trinajstić information content (AvgIpc) is 2.45. The second-order valence-electron chi connectivity index (χ2n) is 4.70. The van der Waals surface area contributed by atoms with Gasteiger partial charge in [0, 0.05) is 25.9 Å². The number of allylic oxidation sites excluding steroid dienone is 1. The highest BCUT2D eigenvalue weighted by molar-refractivity contribution is 7.83. The topological polar surface area (TPSA) is 60.9 Å². The van der Waals surface area contributed by atoms with Crippen molar-refractivity contribution in [2.45, 2.75) is 6.04 Å². The van der Waals surface area contributed by atoms with Crippen molar-refractivity contribution >= 4 is 10.3 Å². The predicted octanol–water partition coefficient (Wildman–Crippen LogP) is 1.48. The Bertz CT molecular complexity index is 725. The van der Waals surface area contributed by atoms with Crippen molar-refractivity contribution in [3.05, 3.63) is 59.9 Å². The van der Waals surface area contributed by atoms with E-state index in [1.54, 1.807) is 31.1 Å². The summed E-state index contributed by atoms with van der Waals surface area (Å²) in [6.45, 7) is 0. The quantitative estimate of drug-likeness (QED) is 0.664. The van der Waals surface area contributed by atoms with Crippen LogP contribution in [0.1, 0.15) is 5.56 Å². The Balaban J connectivity index is 2.32. The Kier molecular flexibility index (Phi) is 4.36. The summed E-state index contributed by atoms with van der Waals surface area (Å²) in [4.78, 5) is 1.75. The predicted molar refractivity (Wildman–Crippen MR) is 81.4 cm³/mol. The van der Waals surface area contributed by atoms with Crippen LogP contribution in [-0.2, 0) is 10.3 Å². The van der Waals surface area contributed by atoms with Crippen molar-refractivity contribution in [3.63, 3.8) is 0 Å². The normalized spacial score (nSPS) is 17.8. The molecular formula is C15H16N2O3S. The summed E-state index contributed by atoms with van der Waals surface area (Å²) < 4.78 is 33.2. The summed E-state index contributed by atoms with van der Waals surface area (Å²) in [7, 11) is -0.797. The molecule has 6 heteroatoms. The third-order valence-electron chi connectivity index (χ3n) is 2.90. The molecule has 0 bridgehead atoms. The number of likely N-dealkylation sites (N-methyl/N-ethyl adjacent to an activating group) is 1. The standard InChI is InChI=1S/C15H16N2O3S/c1-16(2)15-11-10-14(17(12-15)21(18,19)20)9-8-13-6-4-3-5-7-13/h3-7,10-12,14H,1-2H3,(H,18,19,20). The summed E-state index contributed by atoms with van der Waals surface area (Å²) in [5, 5.41) is 0. The lowest BCUT2D eigenvalue weighted by Gasteiger charge is -2.27. The second kappa shape index (κ2) is 6.04. The Hall–Kier alpha value is -2.23. The van der Waals surface area contributed by atoms with E-state index in [0.717, 1.165) is 9.87 Å². The van der Waals surface area contributed by atoms with Crippen LogP contribution in [0.3, 0.4) is 0 Å². The third kappa shape index (κ3) is 3.88. The van der Waals surface area contributed by atoms with Gasteiger partial charge in [0.25, 0.3) is 0 Å². The summed E-state index contributed by atoms with van der Waals surface area (Å²) in [5.41, 5.74) is 1.44. The van der Waals surface area contributed by atoms with Gasteiger partial charge in [0.15, 0.2) is 0 Å². The van der Waals surface area contributed by atoms with E-state index < -0.39 is 16.3 Å². The molecule has 21 heavy (non-hydrogen) atoms. The lowest BCUT2D eigenvalue weighted by atomic mass is 10.1. The summed E-state index contributed by atoms with van der Waals surface area (Å²) >= 11 is 0. The maximum Gasteiger partial charge on any atom is 0.360 e. The second-order valence-corrected chi connectivity index (χ2v) is 6.01. The van der Waals surface area contributed by atoms with Crippen molar-refractivity contribution in [2.24, 2.45) is 0 Å². The van der Waals surface area contributed by atoms with Gasteiger partial charge >= 0.3 is 10.3 Å². The van der Waals surface area contributed by atoms with Gasteiger partial charge in [-0.15, -0.1) is 0 Å². The molecule has 2 rings (SSSR count). The molecule has 1 heterocycles. The van der Waals surface area contributed by atoms with Crippen molar-refractivity contribution < 1.29 is 13.0 Å². The Morgan fingerprint density at radius 3 is 2.48 bits per heavy atom. The van der Waals surface area contributed by atoms with E-state index in [9.17, 15) is 13.0 Å². The minimum Gasteiger partial charge on any atom is -0.376 e. The van der Waals surface area contributed by atoms with Crippen molar-refractivity contribution in [3.8, 4) is 11.8 Å². The lowest BCUT2D eigenvalue weighted by Crippen LogP contribution is -2.36. The van der Waals surface area contributed by atoms with Crippen LogP contribution in [0.2, 0.25) is 0 Å². The fourth-order valence-corrected chi connectivity index (χ4v) is 2.44. The molecule has 110 valence electrons. The zero-order valence-electron chi connectivity index (χ0n) is 11.8. The van der Waals surface area contributed by atoms with Gasteiger partial charge in [-0.2, -0.15) is 8.42 Å². The highest BCUT2D eigenvalue weighted by Gasteiger charge is 2.25. The van der Waals surface area contributed by atoms with Crippen LogP contribution in [-0.4, -0.2) is 42.3 Å². The molecule has 0 saturated carbocycles. The summed E-state index contributed by atoms with van der Waals surface area (Å²) in [5.74, 6) is 5.74. The summed E-state index contributed by atoms with van der Waals surface area (Å²) in [6, 6.07) is 8.51. The molecule has 0 aromatic heterocycles. The molecule has 1 N–H and O–H groups in total. The molecule has 0 fully saturated rings. The molecule has 1 aromatic rings. The van der Waals surface area contributed by atoms with Crippen LogP contribution in [0.25, 0.3) is 0 Å². The van der Waals surface area contributed by atoms with E-state index in [1.165, 1.54) is 6.20 Å². The maximum absolute atomic E-state index is 11.5. The molecular weight excluding hydrogens is 288 g/mol. The lowest BCUT2D eigenvalue weighted by molar-refractivity contribution is 0.390. The third-order valence-corrected chi connectivity index (χ3v) is 3.77. The van der Waals surface area contributed by atoms with Crippen LogP contribution < -0.4 is 0 Å². The zero-order chi connectivity index (χ0) is 15.5. The highest BCUT2D eigenvalue weighted by Crippen LogP contribution is 2.18. The Morgan fingerprint density at radius 2 is 1.90 bits per heavy atom. The first-order valence-corrected chi connectivity index (χ1v) is 7.67. The van der Waals surface area contributed by atoms with Gasteiger partial charge in [0.1, 0.15) is 6.04 Å². The van der Waals surface area contributed by atoms with E-state index in [-0.39, 0.29) is 0 Å². The molecule has 0 radical (unpaired) electrons. The summed E-state index contributed by atoms with van der Waals surface area (Å²) in [6.07, 6.45) is 4.77. The minimum atomic E-state index is -4.37. The molecule has 0 amide bonds. The van der Waals surface area contributed by atoms with Gasteiger partial charge in [0.2, 0.25) is 0 Å². The van der Waals surface area contributed by atoms with E-state index in [4.69, 9.17) is 0 Å². The molecule has 0 saturated heterocycles. The average molecular weight is 304 g/mol. The molecule has 0 aliphatic carbocycles. The smallest absolute Gasteiger partial charge is 0.360 e. The van der Waals surface area contributed by atoms with Crippen LogP contribution in [0.4, 0.5) is 0 Å². The number of rotatable bonds is 2. The van der Waals surface area contributed by atoms with E-state index in [1.807, 2.05) is 30.3 Å². The molecule has 1 aliphatic heterocycles. The maximum atomic E-state index is 11.5. The van der Waals surface area contributed by atoms with Gasteiger partial charge in [0.05, 0.1) is 5.70 Å². The van der Waals surface area contributed by atoms with Crippen molar-refractivity contribution in [2.75, 3.05) is 14.1 Å². The Labute approximate surface area is 125 Å². The highest BCUT2D eigenvalue weighted by atomic mass is 32.2. The molecule has 5 nitrogen and oxygen atoms in total. The molecule has 1 aromatic carbocycles. The van der Waals surface area contributed by atoms with Crippen molar-refractivity contribution in [1.29, 1.82) is 0 Å². The number of hydrogen-bond acceptors (Lipinski definition) is 3. The fourth-order valence-electron chi connectivity index (χ4n) is 1.79. The molecule has 1 unspecified atom stereocenters. The first-order valence-electron chi connectivity index (χ1n) is 6.28. The van der Waals surface area contributed by atoms with E-state index in [2.05, 4.69) is 11.8 Å². The monoisotopic (exact) mass is 304 g/mol. The minimum absolute atomic E-state index is 0.658.